The van der Waals surface area contributed by atoms with Gasteiger partial charge in [0.05, 0.1) is 25.5 Å². The van der Waals surface area contributed by atoms with Gasteiger partial charge in [-0.15, -0.1) is 11.3 Å². The number of carbonyl (C=O) groups is 1. The molecule has 1 amide bonds. The van der Waals surface area contributed by atoms with Crippen LogP contribution in [-0.2, 0) is 19.5 Å². The van der Waals surface area contributed by atoms with Crippen LogP contribution in [0, 0.1) is 0 Å². The Balaban J connectivity index is 1.57. The lowest BCUT2D eigenvalue weighted by molar-refractivity contribution is 0.102. The lowest BCUT2D eigenvalue weighted by Gasteiger charge is -2.21. The van der Waals surface area contributed by atoms with E-state index in [1.807, 2.05) is 6.07 Å². The van der Waals surface area contributed by atoms with Crippen molar-refractivity contribution in [1.29, 1.82) is 0 Å². The number of rotatable bonds is 10. The summed E-state index contributed by atoms with van der Waals surface area (Å²) in [4.78, 5) is 17.1. The van der Waals surface area contributed by atoms with Gasteiger partial charge < -0.3 is 30.3 Å². The van der Waals surface area contributed by atoms with Crippen LogP contribution in [0.5, 0.6) is 11.5 Å². The molecule has 3 N–H and O–H groups in total. The summed E-state index contributed by atoms with van der Waals surface area (Å²) in [6.45, 7) is 8.59. The summed E-state index contributed by atoms with van der Waals surface area (Å²) in [5.41, 5.74) is 4.82. The van der Waals surface area contributed by atoms with Crippen LogP contribution in [0.2, 0.25) is 0 Å². The van der Waals surface area contributed by atoms with E-state index >= 15 is 0 Å². The predicted molar refractivity (Wildman–Crippen MR) is 145 cm³/mol. The second kappa shape index (κ2) is 11.5. The van der Waals surface area contributed by atoms with Crippen molar-refractivity contribution in [2.45, 2.75) is 33.4 Å². The molecule has 3 aromatic rings. The fraction of sp³-hybridized carbons (Fsp3) is 0.370. The molecule has 0 radical (unpaired) electrons. The molecule has 8 heteroatoms. The lowest BCUT2D eigenvalue weighted by Crippen LogP contribution is -2.24. The van der Waals surface area contributed by atoms with Crippen molar-refractivity contribution in [1.82, 2.24) is 5.32 Å². The van der Waals surface area contributed by atoms with Crippen molar-refractivity contribution >= 4 is 33.6 Å². The molecular formula is C27H34N4O3S. The Kier molecular flexibility index (Phi) is 8.15. The number of fused-ring (bicyclic) bond motifs is 1. The van der Waals surface area contributed by atoms with Gasteiger partial charge in [0.2, 0.25) is 0 Å². The molecule has 186 valence electrons. The maximum absolute atomic E-state index is 13.6. The highest BCUT2D eigenvalue weighted by Gasteiger charge is 2.26. The molecule has 0 saturated carbocycles. The standard InChI is InChI=1S/C27H34N4O3S/c1-5-31(6-2)19-9-7-18(8-10-19)16-29-27-25(21-13-14-28-17-24(21)35-27)26(32)30-22-15-20(33-3)11-12-23(22)34-4/h7-12,15,28-29H,5-6,13-14,16-17H2,1-4H3,(H,30,32). The van der Waals surface area contributed by atoms with Gasteiger partial charge in [0, 0.05) is 42.8 Å². The summed E-state index contributed by atoms with van der Waals surface area (Å²) in [5.74, 6) is 1.10. The highest BCUT2D eigenvalue weighted by molar-refractivity contribution is 7.16. The normalized spacial score (nSPS) is 12.6. The number of nitrogens with zero attached hydrogens (tertiary/aromatic N) is 1. The highest BCUT2D eigenvalue weighted by Crippen LogP contribution is 2.37. The summed E-state index contributed by atoms with van der Waals surface area (Å²) < 4.78 is 10.8. The molecule has 0 bridgehead atoms. The molecular weight excluding hydrogens is 460 g/mol. The van der Waals surface area contributed by atoms with Crippen molar-refractivity contribution in [3.05, 3.63) is 64.0 Å². The van der Waals surface area contributed by atoms with Gasteiger partial charge in [-0.1, -0.05) is 12.1 Å². The first kappa shape index (κ1) is 24.9. The number of thiophene rings is 1. The first-order valence-electron chi connectivity index (χ1n) is 12.0. The summed E-state index contributed by atoms with van der Waals surface area (Å²) in [5, 5.41) is 10.9. The van der Waals surface area contributed by atoms with E-state index in [9.17, 15) is 4.79 Å². The van der Waals surface area contributed by atoms with Crippen LogP contribution >= 0.6 is 11.3 Å². The number of amides is 1. The van der Waals surface area contributed by atoms with Gasteiger partial charge in [0.25, 0.3) is 5.91 Å². The number of hydrogen-bond donors (Lipinski definition) is 3. The predicted octanol–water partition coefficient (Wildman–Crippen LogP) is 5.12. The monoisotopic (exact) mass is 494 g/mol. The Hall–Kier alpha value is -3.23. The first-order chi connectivity index (χ1) is 17.1. The Morgan fingerprint density at radius 1 is 1.09 bits per heavy atom. The van der Waals surface area contributed by atoms with Gasteiger partial charge in [-0.2, -0.15) is 0 Å². The van der Waals surface area contributed by atoms with Crippen LogP contribution in [0.15, 0.2) is 42.5 Å². The van der Waals surface area contributed by atoms with Crippen molar-refractivity contribution in [2.75, 3.05) is 49.4 Å². The summed E-state index contributed by atoms with van der Waals surface area (Å²) >= 11 is 1.65. The van der Waals surface area contributed by atoms with Gasteiger partial charge in [-0.3, -0.25) is 4.79 Å². The van der Waals surface area contributed by atoms with E-state index in [4.69, 9.17) is 9.47 Å². The van der Waals surface area contributed by atoms with Gasteiger partial charge >= 0.3 is 0 Å². The van der Waals surface area contributed by atoms with Crippen LogP contribution in [-0.4, -0.2) is 39.8 Å². The quantitative estimate of drug-likeness (QED) is 0.363. The summed E-state index contributed by atoms with van der Waals surface area (Å²) in [6.07, 6.45) is 0.823. The van der Waals surface area contributed by atoms with E-state index in [2.05, 4.69) is 59.0 Å². The third kappa shape index (κ3) is 5.55. The molecule has 1 aliphatic heterocycles. The van der Waals surface area contributed by atoms with Crippen LogP contribution in [0.3, 0.4) is 0 Å². The van der Waals surface area contributed by atoms with E-state index in [1.54, 1.807) is 37.7 Å². The third-order valence-electron chi connectivity index (χ3n) is 6.33. The Bertz CT molecular complexity index is 1160. The number of carbonyl (C=O) groups excluding carboxylic acids is 1. The molecule has 35 heavy (non-hydrogen) atoms. The maximum atomic E-state index is 13.6. The van der Waals surface area contributed by atoms with Crippen LogP contribution in [0.4, 0.5) is 16.4 Å². The third-order valence-corrected chi connectivity index (χ3v) is 7.52. The van der Waals surface area contributed by atoms with Crippen molar-refractivity contribution < 1.29 is 14.3 Å². The fourth-order valence-electron chi connectivity index (χ4n) is 4.39. The van der Waals surface area contributed by atoms with Crippen molar-refractivity contribution in [2.24, 2.45) is 0 Å². The van der Waals surface area contributed by atoms with E-state index in [-0.39, 0.29) is 5.91 Å². The number of anilines is 3. The average molecular weight is 495 g/mol. The Labute approximate surface area is 211 Å². The molecule has 0 unspecified atom stereocenters. The van der Waals surface area contributed by atoms with Crippen LogP contribution in [0.25, 0.3) is 0 Å². The number of hydrogen-bond acceptors (Lipinski definition) is 7. The van der Waals surface area contributed by atoms with Gasteiger partial charge in [-0.05, 0) is 62.2 Å². The fourth-order valence-corrected chi connectivity index (χ4v) is 5.60. The molecule has 1 aliphatic rings. The SMILES string of the molecule is CCN(CC)c1ccc(CNc2sc3c(c2C(=O)Nc2cc(OC)ccc2OC)CCNC3)cc1. The molecule has 0 aliphatic carbocycles. The number of methoxy groups -OCH3 is 2. The maximum Gasteiger partial charge on any atom is 0.259 e. The van der Waals surface area contributed by atoms with Gasteiger partial charge in [0.15, 0.2) is 0 Å². The highest BCUT2D eigenvalue weighted by atomic mass is 32.1. The van der Waals surface area contributed by atoms with E-state index in [1.165, 1.54) is 16.1 Å². The second-order valence-corrected chi connectivity index (χ2v) is 9.45. The van der Waals surface area contributed by atoms with Crippen molar-refractivity contribution in [3.8, 4) is 11.5 Å². The van der Waals surface area contributed by atoms with E-state index in [0.29, 0.717) is 23.7 Å². The molecule has 0 atom stereocenters. The van der Waals surface area contributed by atoms with Gasteiger partial charge in [0.1, 0.15) is 16.5 Å². The van der Waals surface area contributed by atoms with Crippen molar-refractivity contribution in [3.63, 3.8) is 0 Å². The second-order valence-electron chi connectivity index (χ2n) is 8.35. The smallest absolute Gasteiger partial charge is 0.259 e. The minimum Gasteiger partial charge on any atom is -0.497 e. The molecule has 2 aromatic carbocycles. The minimum atomic E-state index is -0.143. The molecule has 4 rings (SSSR count). The molecule has 0 fully saturated rings. The molecule has 0 spiro atoms. The molecule has 7 nitrogen and oxygen atoms in total. The minimum absolute atomic E-state index is 0.143. The van der Waals surface area contributed by atoms with Crippen LogP contribution < -0.4 is 30.3 Å². The first-order valence-corrected chi connectivity index (χ1v) is 12.9. The Morgan fingerprint density at radius 3 is 2.54 bits per heavy atom. The van der Waals surface area contributed by atoms with E-state index in [0.717, 1.165) is 48.7 Å². The van der Waals surface area contributed by atoms with Crippen LogP contribution in [0.1, 0.15) is 40.2 Å². The number of ether oxygens (including phenoxy) is 2. The molecule has 1 aromatic heterocycles. The zero-order valence-corrected chi connectivity index (χ0v) is 21.7. The summed E-state index contributed by atoms with van der Waals surface area (Å²) in [7, 11) is 3.19. The number of nitrogens with one attached hydrogen (secondary N) is 3. The lowest BCUT2D eigenvalue weighted by atomic mass is 10.0. The summed E-state index contributed by atoms with van der Waals surface area (Å²) in [6, 6.07) is 14.0. The zero-order valence-electron chi connectivity index (χ0n) is 20.9. The largest absolute Gasteiger partial charge is 0.497 e. The molecule has 0 saturated heterocycles. The van der Waals surface area contributed by atoms with E-state index < -0.39 is 0 Å². The Morgan fingerprint density at radius 2 is 1.86 bits per heavy atom. The zero-order chi connectivity index (χ0) is 24.8. The number of benzene rings is 2. The molecule has 2 heterocycles. The topological polar surface area (TPSA) is 74.9 Å². The average Bonchev–Trinajstić information content (AvgIpc) is 3.27. The van der Waals surface area contributed by atoms with Gasteiger partial charge in [-0.25, -0.2) is 0 Å².